The van der Waals surface area contributed by atoms with Crippen molar-refractivity contribution in [1.29, 1.82) is 0 Å². The Morgan fingerprint density at radius 1 is 1.43 bits per heavy atom. The topological polar surface area (TPSA) is 103 Å². The second-order valence-corrected chi connectivity index (χ2v) is 7.20. The third-order valence-electron chi connectivity index (χ3n) is 3.41. The molecule has 1 rings (SSSR count). The van der Waals surface area contributed by atoms with Crippen LogP contribution in [0, 0.1) is 0 Å². The number of thiazole rings is 1. The highest BCUT2D eigenvalue weighted by Gasteiger charge is 2.39. The van der Waals surface area contributed by atoms with Gasteiger partial charge in [-0.05, 0) is 27.2 Å². The average Bonchev–Trinajstić information content (AvgIpc) is 2.93. The first-order valence-corrected chi connectivity index (χ1v) is 8.47. The van der Waals surface area contributed by atoms with Crippen LogP contribution in [0.3, 0.4) is 0 Å². The highest BCUT2D eigenvalue weighted by atomic mass is 32.1. The minimum atomic E-state index is -1.46. The number of aromatic nitrogens is 1. The van der Waals surface area contributed by atoms with Crippen molar-refractivity contribution < 1.29 is 19.8 Å². The Kier molecular flexibility index (Phi) is 6.96. The van der Waals surface area contributed by atoms with Crippen LogP contribution in [-0.2, 0) is 4.79 Å². The Hall–Kier alpha value is -1.67. The number of rotatable bonds is 7. The fourth-order valence-electron chi connectivity index (χ4n) is 2.41. The zero-order chi connectivity index (χ0) is 17.6. The number of aliphatic hydroxyl groups is 1. The number of nitrogens with one attached hydrogen (secondary N) is 1. The van der Waals surface area contributed by atoms with E-state index in [2.05, 4.69) is 10.3 Å². The first-order chi connectivity index (χ1) is 10.7. The van der Waals surface area contributed by atoms with Crippen LogP contribution in [0.15, 0.2) is 11.6 Å². The number of nitrogens with zero attached hydrogens (tertiary/aromatic N) is 2. The molecule has 0 spiro atoms. The molecule has 0 aromatic carbocycles. The van der Waals surface area contributed by atoms with E-state index in [1.54, 1.807) is 32.3 Å². The quantitative estimate of drug-likeness (QED) is 0.706. The molecule has 0 fully saturated rings. The summed E-state index contributed by atoms with van der Waals surface area (Å²) in [6.07, 6.45) is 0.897. The lowest BCUT2D eigenvalue weighted by Crippen LogP contribution is -2.57. The normalized spacial score (nSPS) is 14.1. The van der Waals surface area contributed by atoms with Crippen molar-refractivity contribution in [3.8, 4) is 0 Å². The van der Waals surface area contributed by atoms with E-state index in [0.29, 0.717) is 18.0 Å². The van der Waals surface area contributed by atoms with Gasteiger partial charge in [-0.15, -0.1) is 11.3 Å². The number of amides is 2. The number of hydrogen-bond donors (Lipinski definition) is 3. The largest absolute Gasteiger partial charge is 0.465 e. The van der Waals surface area contributed by atoms with Crippen LogP contribution < -0.4 is 5.32 Å². The van der Waals surface area contributed by atoms with Crippen molar-refractivity contribution in [3.05, 3.63) is 11.6 Å². The molecular formula is C15H25N3O4S. The maximum Gasteiger partial charge on any atom is 0.408 e. The van der Waals surface area contributed by atoms with Crippen LogP contribution in [0.5, 0.6) is 0 Å². The summed E-state index contributed by atoms with van der Waals surface area (Å²) >= 11 is 1.23. The summed E-state index contributed by atoms with van der Waals surface area (Å²) in [5.41, 5.74) is -0.729. The molecule has 130 valence electrons. The maximum atomic E-state index is 12.3. The van der Waals surface area contributed by atoms with Crippen LogP contribution in [0.2, 0.25) is 0 Å². The van der Waals surface area contributed by atoms with E-state index in [9.17, 15) is 19.8 Å². The number of carbonyl (C=O) groups excluding carboxylic acids is 1. The SMILES string of the molecule is CCCC[C@@H]([C@H](O)C(=O)Nc1nccs1)N(C(=O)O)C(C)(C)C. The summed E-state index contributed by atoms with van der Waals surface area (Å²) in [6.45, 7) is 7.20. The summed E-state index contributed by atoms with van der Waals surface area (Å²) in [7, 11) is 0. The molecule has 0 saturated carbocycles. The molecule has 3 N–H and O–H groups in total. The fraction of sp³-hybridized carbons (Fsp3) is 0.667. The van der Waals surface area contributed by atoms with Gasteiger partial charge in [-0.3, -0.25) is 15.0 Å². The Bertz CT molecular complexity index is 513. The van der Waals surface area contributed by atoms with Gasteiger partial charge in [0.1, 0.15) is 0 Å². The van der Waals surface area contributed by atoms with Gasteiger partial charge in [-0.25, -0.2) is 9.78 Å². The first kappa shape index (κ1) is 19.4. The summed E-state index contributed by atoms with van der Waals surface area (Å²) in [6, 6.07) is -0.813. The molecule has 1 heterocycles. The molecule has 2 amide bonds. The first-order valence-electron chi connectivity index (χ1n) is 7.59. The standard InChI is InChI=1S/C15H25N3O4S/c1-5-6-7-10(18(14(21)22)15(2,3)4)11(19)12(20)17-13-16-8-9-23-13/h8-11,19H,5-7H2,1-4H3,(H,21,22)(H,16,17,20)/t10-,11-/m0/s1. The summed E-state index contributed by atoms with van der Waals surface area (Å²) in [4.78, 5) is 29.0. The Labute approximate surface area is 140 Å². The minimum absolute atomic E-state index is 0.376. The third kappa shape index (κ3) is 5.47. The van der Waals surface area contributed by atoms with Crippen LogP contribution in [0.4, 0.5) is 9.93 Å². The van der Waals surface area contributed by atoms with E-state index in [1.165, 1.54) is 11.3 Å². The Morgan fingerprint density at radius 2 is 2.09 bits per heavy atom. The van der Waals surface area contributed by atoms with Crippen molar-refractivity contribution in [1.82, 2.24) is 9.88 Å². The molecule has 0 bridgehead atoms. The Morgan fingerprint density at radius 3 is 2.52 bits per heavy atom. The van der Waals surface area contributed by atoms with Gasteiger partial charge in [-0.2, -0.15) is 0 Å². The van der Waals surface area contributed by atoms with E-state index < -0.39 is 29.7 Å². The lowest BCUT2D eigenvalue weighted by atomic mass is 9.96. The minimum Gasteiger partial charge on any atom is -0.465 e. The fourth-order valence-corrected chi connectivity index (χ4v) is 2.94. The molecule has 2 atom stereocenters. The second kappa shape index (κ2) is 8.26. The zero-order valence-electron chi connectivity index (χ0n) is 13.9. The molecule has 1 aromatic heterocycles. The highest BCUT2D eigenvalue weighted by Crippen LogP contribution is 2.24. The molecule has 23 heavy (non-hydrogen) atoms. The number of aliphatic hydroxyl groups excluding tert-OH is 1. The smallest absolute Gasteiger partial charge is 0.408 e. The average molecular weight is 343 g/mol. The molecule has 0 aliphatic carbocycles. The van der Waals surface area contributed by atoms with E-state index in [1.807, 2.05) is 6.92 Å². The molecule has 0 saturated heterocycles. The van der Waals surface area contributed by atoms with E-state index in [0.717, 1.165) is 11.3 Å². The van der Waals surface area contributed by atoms with Crippen molar-refractivity contribution in [2.45, 2.75) is 64.6 Å². The van der Waals surface area contributed by atoms with Crippen LogP contribution in [0.1, 0.15) is 47.0 Å². The number of carbonyl (C=O) groups is 2. The molecule has 0 aliphatic rings. The zero-order valence-corrected chi connectivity index (χ0v) is 14.8. The molecule has 8 heteroatoms. The van der Waals surface area contributed by atoms with Crippen LogP contribution >= 0.6 is 11.3 Å². The Balaban J connectivity index is 2.98. The summed E-state index contributed by atoms with van der Waals surface area (Å²) in [5.74, 6) is -0.642. The maximum absolute atomic E-state index is 12.3. The second-order valence-electron chi connectivity index (χ2n) is 6.30. The molecular weight excluding hydrogens is 318 g/mol. The van der Waals surface area contributed by atoms with Crippen molar-refractivity contribution in [3.63, 3.8) is 0 Å². The van der Waals surface area contributed by atoms with E-state index in [4.69, 9.17) is 0 Å². The lowest BCUT2D eigenvalue weighted by molar-refractivity contribution is -0.128. The van der Waals surface area contributed by atoms with Crippen LogP contribution in [0.25, 0.3) is 0 Å². The third-order valence-corrected chi connectivity index (χ3v) is 4.10. The van der Waals surface area contributed by atoms with Gasteiger partial charge in [0.25, 0.3) is 5.91 Å². The van der Waals surface area contributed by atoms with Gasteiger partial charge in [0.05, 0.1) is 6.04 Å². The summed E-state index contributed by atoms with van der Waals surface area (Å²) < 4.78 is 0. The number of carboxylic acid groups (broad SMARTS) is 1. The number of hydrogen-bond acceptors (Lipinski definition) is 5. The highest BCUT2D eigenvalue weighted by molar-refractivity contribution is 7.13. The van der Waals surface area contributed by atoms with Crippen molar-refractivity contribution >= 4 is 28.5 Å². The van der Waals surface area contributed by atoms with Gasteiger partial charge in [0.15, 0.2) is 11.2 Å². The van der Waals surface area contributed by atoms with Gasteiger partial charge < -0.3 is 10.2 Å². The predicted molar refractivity (Wildman–Crippen MR) is 89.7 cm³/mol. The predicted octanol–water partition coefficient (Wildman–Crippen LogP) is 2.78. The van der Waals surface area contributed by atoms with Gasteiger partial charge >= 0.3 is 6.09 Å². The van der Waals surface area contributed by atoms with Crippen molar-refractivity contribution in [2.75, 3.05) is 5.32 Å². The monoisotopic (exact) mass is 343 g/mol. The number of anilines is 1. The molecule has 1 aromatic rings. The van der Waals surface area contributed by atoms with E-state index >= 15 is 0 Å². The van der Waals surface area contributed by atoms with Gasteiger partial charge in [-0.1, -0.05) is 19.8 Å². The molecule has 0 radical (unpaired) electrons. The lowest BCUT2D eigenvalue weighted by Gasteiger charge is -2.41. The molecule has 7 nitrogen and oxygen atoms in total. The van der Waals surface area contributed by atoms with Crippen molar-refractivity contribution in [2.24, 2.45) is 0 Å². The van der Waals surface area contributed by atoms with Crippen LogP contribution in [-0.4, -0.2) is 49.8 Å². The van der Waals surface area contributed by atoms with E-state index in [-0.39, 0.29) is 0 Å². The molecule has 0 aliphatic heterocycles. The molecule has 0 unspecified atom stereocenters. The summed E-state index contributed by atoms with van der Waals surface area (Å²) in [5, 5.41) is 24.6. The number of unbranched alkanes of at least 4 members (excludes halogenated alkanes) is 1. The van der Waals surface area contributed by atoms with Gasteiger partial charge in [0.2, 0.25) is 0 Å². The van der Waals surface area contributed by atoms with Gasteiger partial charge in [0, 0.05) is 17.1 Å².